The molecule has 0 amide bonds. The molecule has 0 atom stereocenters. The molecule has 350 valence electrons. The van der Waals surface area contributed by atoms with Crippen molar-refractivity contribution in [3.8, 4) is 17.8 Å². The van der Waals surface area contributed by atoms with Crippen LogP contribution in [0.5, 0.6) is 11.8 Å². The summed E-state index contributed by atoms with van der Waals surface area (Å²) < 4.78 is 2.43. The van der Waals surface area contributed by atoms with Crippen LogP contribution in [0, 0.1) is 31.8 Å². The Morgan fingerprint density at radius 2 is 0.914 bits per heavy atom. The fraction of sp³-hybridized carbons (Fsp3) is 0.136. The largest absolute Gasteiger partial charge is 0.503 e. The van der Waals surface area contributed by atoms with Gasteiger partial charge in [-0.25, -0.2) is 24.0 Å². The van der Waals surface area contributed by atoms with Crippen LogP contribution in [0.1, 0.15) is 58.1 Å². The molecule has 0 radical (unpaired) electrons. The number of nitrogens with zero attached hydrogens (tertiary/aromatic N) is 10. The average Bonchev–Trinajstić information content (AvgIpc) is 3.69. The standard InChI is InChI=1S/C44H28N10O16/c1-17-27(16-45)37(59)53(39(61)31(17)49-47-28-12-19(41(63)64)4-6-21(28)43(67)68)10-8-51-33(55)23-14-25-26(15-24(23)34(51)56)36(58)52(35(25)57)9-11-54-38(60)30(46-3)18(2)32(40(54)62)50-48-29-13-20(42(65)66)5-7-22(29)44(69)70/h4-7,12-15,59-60H,8-11H2,1-2H3,(H,63,64)(H,65,66)(H,67,68)(H,69,70). The van der Waals surface area contributed by atoms with Crippen molar-refractivity contribution in [3.63, 3.8) is 0 Å². The zero-order chi connectivity index (χ0) is 51.2. The van der Waals surface area contributed by atoms with Gasteiger partial charge in [0.1, 0.15) is 28.7 Å². The van der Waals surface area contributed by atoms with E-state index < -0.39 is 140 Å². The second-order valence-corrected chi connectivity index (χ2v) is 15.0. The number of aromatic nitrogens is 4. The number of carbonyl (C=O) groups is 4. The van der Waals surface area contributed by atoms with Crippen molar-refractivity contribution in [3.05, 3.63) is 161 Å². The highest BCUT2D eigenvalue weighted by Gasteiger charge is 2.25. The van der Waals surface area contributed by atoms with E-state index in [1.807, 2.05) is 0 Å². The molecule has 4 heterocycles. The Hall–Kier alpha value is -10.5. The first-order valence-electron chi connectivity index (χ1n) is 19.8. The van der Waals surface area contributed by atoms with Gasteiger partial charge in [0.25, 0.3) is 33.4 Å². The molecule has 0 unspecified atom stereocenters. The Morgan fingerprint density at radius 3 is 1.27 bits per heavy atom. The maximum Gasteiger partial charge on any atom is 0.337 e. The lowest BCUT2D eigenvalue weighted by atomic mass is 10.1. The lowest BCUT2D eigenvalue weighted by molar-refractivity contribution is 0.0682. The lowest BCUT2D eigenvalue weighted by Gasteiger charge is -2.13. The van der Waals surface area contributed by atoms with Crippen molar-refractivity contribution in [2.24, 2.45) is 20.5 Å². The highest BCUT2D eigenvalue weighted by molar-refractivity contribution is 5.99. The van der Waals surface area contributed by atoms with Crippen LogP contribution in [-0.2, 0) is 26.2 Å². The number of aromatic carboxylic acids is 4. The van der Waals surface area contributed by atoms with Crippen molar-refractivity contribution < 1.29 is 49.8 Å². The summed E-state index contributed by atoms with van der Waals surface area (Å²) in [5.41, 5.74) is -11.5. The zero-order valence-electron chi connectivity index (χ0n) is 35.7. The van der Waals surface area contributed by atoms with Crippen molar-refractivity contribution in [2.75, 3.05) is 0 Å². The third-order valence-corrected chi connectivity index (χ3v) is 11.1. The van der Waals surface area contributed by atoms with Gasteiger partial charge in [0.05, 0.1) is 50.4 Å². The van der Waals surface area contributed by atoms with Crippen LogP contribution in [0.2, 0.25) is 0 Å². The maximum atomic E-state index is 13.7. The van der Waals surface area contributed by atoms with E-state index >= 15 is 0 Å². The summed E-state index contributed by atoms with van der Waals surface area (Å²) in [5.74, 6) is -7.69. The first-order valence-corrected chi connectivity index (χ1v) is 19.8. The van der Waals surface area contributed by atoms with Gasteiger partial charge in [-0.1, -0.05) is 0 Å². The molecule has 4 aromatic heterocycles. The number of pyridine rings is 2. The summed E-state index contributed by atoms with van der Waals surface area (Å²) >= 11 is 0. The van der Waals surface area contributed by atoms with E-state index in [9.17, 15) is 83.8 Å². The Labute approximate surface area is 385 Å². The van der Waals surface area contributed by atoms with Gasteiger partial charge >= 0.3 is 23.9 Å². The monoisotopic (exact) mass is 952 g/mol. The SMILES string of the molecule is [C-]#[N+]c1c(C)c(N=Nc2cc(C(=O)O)ccc2C(=O)O)c(=O)n(CCn2c(=O)c3cc4c(=O)n(CCn5c(O)c(C#N)c(C)c(N=Nc6cc(C(=O)O)ccc6C(=O)O)c5=O)c(=O)c4cc3c2=O)c1O. The number of azo groups is 2. The smallest absolute Gasteiger partial charge is 0.337 e. The van der Waals surface area contributed by atoms with Crippen molar-refractivity contribution in [1.29, 1.82) is 5.26 Å². The second-order valence-electron chi connectivity index (χ2n) is 15.0. The van der Waals surface area contributed by atoms with Gasteiger partial charge in [0.15, 0.2) is 11.6 Å². The minimum Gasteiger partial charge on any atom is -0.503 e. The molecular formula is C44H28N10O16. The van der Waals surface area contributed by atoms with Gasteiger partial charge in [-0.15, -0.1) is 20.5 Å². The number of rotatable bonds is 14. The second kappa shape index (κ2) is 18.1. The fourth-order valence-electron chi connectivity index (χ4n) is 7.46. The number of hydrogen-bond acceptors (Lipinski definition) is 17. The fourth-order valence-corrected chi connectivity index (χ4v) is 7.46. The molecule has 0 fully saturated rings. The molecule has 0 saturated carbocycles. The molecule has 0 spiro atoms. The highest BCUT2D eigenvalue weighted by Crippen LogP contribution is 2.35. The van der Waals surface area contributed by atoms with Crippen LogP contribution in [0.15, 0.2) is 97.8 Å². The summed E-state index contributed by atoms with van der Waals surface area (Å²) in [6.45, 7) is 7.41. The number of aromatic hydroxyl groups is 2. The lowest BCUT2D eigenvalue weighted by Crippen LogP contribution is -2.31. The molecule has 0 aliphatic carbocycles. The first-order chi connectivity index (χ1) is 33.1. The van der Waals surface area contributed by atoms with Crippen LogP contribution >= 0.6 is 0 Å². The highest BCUT2D eigenvalue weighted by atomic mass is 16.4. The molecule has 26 heteroatoms. The van der Waals surface area contributed by atoms with Gasteiger partial charge in [-0.2, -0.15) is 5.26 Å². The number of hydrogen-bond donors (Lipinski definition) is 6. The molecule has 7 aromatic rings. The van der Waals surface area contributed by atoms with Gasteiger partial charge in [-0.3, -0.25) is 47.0 Å². The normalized spacial score (nSPS) is 11.4. The number of benzene rings is 3. The van der Waals surface area contributed by atoms with E-state index in [1.165, 1.54) is 13.8 Å². The minimum absolute atomic E-state index is 0.205. The topological polar surface area (TPSA) is 389 Å². The zero-order valence-corrected chi connectivity index (χ0v) is 35.7. The quantitative estimate of drug-likeness (QED) is 0.0668. The summed E-state index contributed by atoms with van der Waals surface area (Å²) in [6.07, 6.45) is 0. The molecule has 6 N–H and O–H groups in total. The molecule has 0 aliphatic rings. The Bertz CT molecular complexity index is 3690. The maximum absolute atomic E-state index is 13.7. The van der Waals surface area contributed by atoms with E-state index in [-0.39, 0.29) is 43.8 Å². The third kappa shape index (κ3) is 8.00. The molecular weight excluding hydrogens is 925 g/mol. The van der Waals surface area contributed by atoms with Crippen LogP contribution < -0.4 is 33.4 Å². The molecule has 0 saturated heterocycles. The minimum atomic E-state index is -1.52. The van der Waals surface area contributed by atoms with Crippen LogP contribution in [0.4, 0.5) is 28.4 Å². The van der Waals surface area contributed by atoms with Crippen LogP contribution in [0.3, 0.4) is 0 Å². The van der Waals surface area contributed by atoms with Gasteiger partial charge < -0.3 is 30.6 Å². The molecule has 26 nitrogen and oxygen atoms in total. The Morgan fingerprint density at radius 1 is 0.543 bits per heavy atom. The Balaban J connectivity index is 1.22. The van der Waals surface area contributed by atoms with E-state index in [0.717, 1.165) is 48.5 Å². The summed E-state index contributed by atoms with van der Waals surface area (Å²) in [6, 6.07) is 9.31. The summed E-state index contributed by atoms with van der Waals surface area (Å²) in [4.78, 5) is 132. The van der Waals surface area contributed by atoms with Crippen LogP contribution in [-0.4, -0.2) is 72.8 Å². The van der Waals surface area contributed by atoms with E-state index in [4.69, 9.17) is 6.57 Å². The van der Waals surface area contributed by atoms with Crippen LogP contribution in [0.25, 0.3) is 26.4 Å². The molecule has 0 bridgehead atoms. The summed E-state index contributed by atoms with van der Waals surface area (Å²) in [5, 5.41) is 83.3. The third-order valence-electron chi connectivity index (χ3n) is 11.1. The van der Waals surface area contributed by atoms with Crippen molar-refractivity contribution >= 4 is 73.9 Å². The average molecular weight is 953 g/mol. The van der Waals surface area contributed by atoms with Gasteiger partial charge in [0.2, 0.25) is 11.6 Å². The van der Waals surface area contributed by atoms with Crippen molar-refractivity contribution in [1.82, 2.24) is 18.3 Å². The van der Waals surface area contributed by atoms with E-state index in [1.54, 1.807) is 6.07 Å². The van der Waals surface area contributed by atoms with Gasteiger partial charge in [0, 0.05) is 31.7 Å². The molecule has 3 aromatic carbocycles. The number of carboxylic acids is 4. The molecule has 0 aliphatic heterocycles. The number of carboxylic acid groups (broad SMARTS) is 4. The number of nitriles is 1. The molecule has 70 heavy (non-hydrogen) atoms. The van der Waals surface area contributed by atoms with E-state index in [0.29, 0.717) is 18.3 Å². The predicted octanol–water partition coefficient (Wildman–Crippen LogP) is 3.71. The summed E-state index contributed by atoms with van der Waals surface area (Å²) in [7, 11) is 0. The van der Waals surface area contributed by atoms with Gasteiger partial charge in [-0.05, 0) is 67.9 Å². The Kier molecular flexibility index (Phi) is 12.2. The van der Waals surface area contributed by atoms with E-state index in [2.05, 4.69) is 25.3 Å². The molecule has 7 rings (SSSR count). The first kappa shape index (κ1) is 47.5. The van der Waals surface area contributed by atoms with Crippen molar-refractivity contribution in [2.45, 2.75) is 40.0 Å². The number of fused-ring (bicyclic) bond motifs is 2. The predicted molar refractivity (Wildman–Crippen MR) is 239 cm³/mol.